The first kappa shape index (κ1) is 30.1. The quantitative estimate of drug-likeness (QED) is 0.337. The number of sulfonamides is 1. The van der Waals surface area contributed by atoms with E-state index in [1.165, 1.54) is 53.4 Å². The monoisotopic (exact) mass is 573 g/mol. The second-order valence-corrected chi connectivity index (χ2v) is 11.7. The molecule has 10 heteroatoms. The third kappa shape index (κ3) is 7.58. The zero-order chi connectivity index (χ0) is 28.7. The lowest BCUT2D eigenvalue weighted by molar-refractivity contribution is -0.139. The summed E-state index contributed by atoms with van der Waals surface area (Å²) in [7, 11) is -4.22. The Balaban J connectivity index is 2.03. The van der Waals surface area contributed by atoms with Crippen LogP contribution in [-0.2, 0) is 26.2 Å². The summed E-state index contributed by atoms with van der Waals surface area (Å²) in [6.45, 7) is 6.55. The van der Waals surface area contributed by atoms with Crippen molar-refractivity contribution in [3.63, 3.8) is 0 Å². The molecule has 0 radical (unpaired) electrons. The van der Waals surface area contributed by atoms with Crippen molar-refractivity contribution in [2.45, 2.75) is 57.6 Å². The Hall–Kier alpha value is -3.43. The summed E-state index contributed by atoms with van der Waals surface area (Å²) in [5.41, 5.74) is 1.59. The fourth-order valence-electron chi connectivity index (χ4n) is 3.84. The molecule has 0 bridgehead atoms. The first-order valence-electron chi connectivity index (χ1n) is 12.6. The number of aryl methyl sites for hydroxylation is 1. The Morgan fingerprint density at radius 3 is 2.18 bits per heavy atom. The fraction of sp³-hybridized carbons (Fsp3) is 0.310. The number of halogens is 2. The van der Waals surface area contributed by atoms with E-state index < -0.39 is 34.3 Å². The molecule has 7 nitrogen and oxygen atoms in total. The summed E-state index contributed by atoms with van der Waals surface area (Å²) in [6, 6.07) is 17.1. The minimum absolute atomic E-state index is 0.00605. The molecule has 0 aliphatic heterocycles. The van der Waals surface area contributed by atoms with Crippen LogP contribution in [0.2, 0.25) is 5.02 Å². The largest absolute Gasteiger partial charge is 0.352 e. The molecule has 39 heavy (non-hydrogen) atoms. The van der Waals surface area contributed by atoms with Gasteiger partial charge in [0.15, 0.2) is 0 Å². The van der Waals surface area contributed by atoms with Crippen molar-refractivity contribution in [1.82, 2.24) is 10.2 Å². The average Bonchev–Trinajstić information content (AvgIpc) is 2.91. The van der Waals surface area contributed by atoms with Crippen molar-refractivity contribution >= 4 is 39.1 Å². The van der Waals surface area contributed by atoms with Crippen molar-refractivity contribution in [3.05, 3.63) is 94.8 Å². The van der Waals surface area contributed by atoms with Crippen molar-refractivity contribution in [2.75, 3.05) is 10.8 Å². The van der Waals surface area contributed by atoms with Crippen LogP contribution in [-0.4, -0.2) is 43.8 Å². The Bertz CT molecular complexity index is 1400. The van der Waals surface area contributed by atoms with E-state index >= 15 is 0 Å². The van der Waals surface area contributed by atoms with Gasteiger partial charge < -0.3 is 10.2 Å². The minimum Gasteiger partial charge on any atom is -0.352 e. The van der Waals surface area contributed by atoms with Gasteiger partial charge in [-0.2, -0.15) is 0 Å². The number of hydrogen-bond acceptors (Lipinski definition) is 4. The molecule has 2 atom stereocenters. The van der Waals surface area contributed by atoms with Crippen molar-refractivity contribution in [2.24, 2.45) is 0 Å². The molecule has 1 N–H and O–H groups in total. The molecule has 0 aromatic heterocycles. The van der Waals surface area contributed by atoms with Crippen LogP contribution in [0.3, 0.4) is 0 Å². The van der Waals surface area contributed by atoms with Gasteiger partial charge in [0.25, 0.3) is 10.0 Å². The average molecular weight is 574 g/mol. The highest BCUT2D eigenvalue weighted by Crippen LogP contribution is 2.31. The van der Waals surface area contributed by atoms with Gasteiger partial charge in [-0.3, -0.25) is 13.9 Å². The first-order chi connectivity index (χ1) is 18.4. The van der Waals surface area contributed by atoms with Gasteiger partial charge in [-0.25, -0.2) is 12.8 Å². The highest BCUT2D eigenvalue weighted by atomic mass is 35.5. The number of rotatable bonds is 11. The molecular weight excluding hydrogens is 541 g/mol. The van der Waals surface area contributed by atoms with Crippen LogP contribution in [0.25, 0.3) is 0 Å². The number of nitrogens with one attached hydrogen (secondary N) is 1. The van der Waals surface area contributed by atoms with E-state index in [-0.39, 0.29) is 34.1 Å². The molecule has 0 heterocycles. The maximum atomic E-state index is 13.9. The lowest BCUT2D eigenvalue weighted by Crippen LogP contribution is -2.52. The van der Waals surface area contributed by atoms with Crippen LogP contribution < -0.4 is 9.62 Å². The molecule has 0 spiro atoms. The standard InChI is InChI=1S/C29H33ClFN3O4S/c1-5-21(3)32-29(36)22(4)33(18-23-12-14-24(31)15-13-23)28(35)19-34(27-9-7-6-8-26(27)30)39(37,38)25-16-10-20(2)11-17-25/h6-17,21-22H,5,18-19H2,1-4H3,(H,32,36)/t21-,22+/m1/s1. The predicted octanol–water partition coefficient (Wildman–Crippen LogP) is 5.31. The number of anilines is 1. The molecule has 3 aromatic rings. The highest BCUT2D eigenvalue weighted by Gasteiger charge is 2.33. The third-order valence-corrected chi connectivity index (χ3v) is 8.54. The Kier molecular flexibility index (Phi) is 10.1. The molecule has 0 saturated heterocycles. The number of nitrogens with zero attached hydrogens (tertiary/aromatic N) is 2. The number of carbonyl (C=O) groups is 2. The van der Waals surface area contributed by atoms with Gasteiger partial charge in [0.2, 0.25) is 11.8 Å². The van der Waals surface area contributed by atoms with Gasteiger partial charge in [0.05, 0.1) is 15.6 Å². The molecule has 3 rings (SSSR count). The summed E-state index contributed by atoms with van der Waals surface area (Å²) >= 11 is 6.40. The topological polar surface area (TPSA) is 86.8 Å². The van der Waals surface area contributed by atoms with E-state index in [9.17, 15) is 22.4 Å². The van der Waals surface area contributed by atoms with Crippen LogP contribution in [0, 0.1) is 12.7 Å². The molecule has 0 aliphatic rings. The van der Waals surface area contributed by atoms with E-state index in [1.54, 1.807) is 31.2 Å². The number of amides is 2. The minimum atomic E-state index is -4.22. The molecular formula is C29H33ClFN3O4S. The molecule has 0 saturated carbocycles. The van der Waals surface area contributed by atoms with Gasteiger partial charge in [0.1, 0.15) is 18.4 Å². The number of carbonyl (C=O) groups excluding carboxylic acids is 2. The lowest BCUT2D eigenvalue weighted by atomic mass is 10.1. The maximum absolute atomic E-state index is 13.9. The second kappa shape index (κ2) is 13.1. The second-order valence-electron chi connectivity index (χ2n) is 9.42. The van der Waals surface area contributed by atoms with Gasteiger partial charge in [0, 0.05) is 12.6 Å². The molecule has 0 unspecified atom stereocenters. The summed E-state index contributed by atoms with van der Waals surface area (Å²) in [4.78, 5) is 28.2. The van der Waals surface area contributed by atoms with E-state index in [0.29, 0.717) is 12.0 Å². The third-order valence-electron chi connectivity index (χ3n) is 6.44. The first-order valence-corrected chi connectivity index (χ1v) is 14.4. The van der Waals surface area contributed by atoms with Gasteiger partial charge in [-0.15, -0.1) is 0 Å². The molecule has 3 aromatic carbocycles. The Morgan fingerprint density at radius 2 is 1.59 bits per heavy atom. The predicted molar refractivity (Wildman–Crippen MR) is 151 cm³/mol. The van der Waals surface area contributed by atoms with E-state index in [4.69, 9.17) is 11.6 Å². The number of benzene rings is 3. The van der Waals surface area contributed by atoms with Crippen LogP contribution in [0.4, 0.5) is 10.1 Å². The molecule has 0 fully saturated rings. The van der Waals surface area contributed by atoms with E-state index in [0.717, 1.165) is 9.87 Å². The van der Waals surface area contributed by atoms with Gasteiger partial charge in [-0.1, -0.05) is 60.5 Å². The van der Waals surface area contributed by atoms with Crippen LogP contribution >= 0.6 is 11.6 Å². The summed E-state index contributed by atoms with van der Waals surface area (Å²) in [5.74, 6) is -1.44. The molecule has 0 aliphatic carbocycles. The van der Waals surface area contributed by atoms with E-state index in [2.05, 4.69) is 5.32 Å². The van der Waals surface area contributed by atoms with Gasteiger partial charge >= 0.3 is 0 Å². The van der Waals surface area contributed by atoms with Crippen LogP contribution in [0.5, 0.6) is 0 Å². The SMILES string of the molecule is CC[C@@H](C)NC(=O)[C@H](C)N(Cc1ccc(F)cc1)C(=O)CN(c1ccccc1Cl)S(=O)(=O)c1ccc(C)cc1. The highest BCUT2D eigenvalue weighted by molar-refractivity contribution is 7.92. The van der Waals surface area contributed by atoms with Crippen molar-refractivity contribution in [3.8, 4) is 0 Å². The van der Waals surface area contributed by atoms with Crippen LogP contribution in [0.1, 0.15) is 38.3 Å². The fourth-order valence-corrected chi connectivity index (χ4v) is 5.56. The Labute approximate surface area is 234 Å². The number of hydrogen-bond donors (Lipinski definition) is 1. The van der Waals surface area contributed by atoms with Crippen LogP contribution in [0.15, 0.2) is 77.7 Å². The smallest absolute Gasteiger partial charge is 0.264 e. The Morgan fingerprint density at radius 1 is 0.974 bits per heavy atom. The lowest BCUT2D eigenvalue weighted by Gasteiger charge is -2.32. The van der Waals surface area contributed by atoms with E-state index in [1.807, 2.05) is 20.8 Å². The molecule has 2 amide bonds. The van der Waals surface area contributed by atoms with Crippen molar-refractivity contribution < 1.29 is 22.4 Å². The number of para-hydroxylation sites is 1. The normalized spacial score (nSPS) is 12.9. The maximum Gasteiger partial charge on any atom is 0.264 e. The zero-order valence-electron chi connectivity index (χ0n) is 22.4. The zero-order valence-corrected chi connectivity index (χ0v) is 24.0. The summed E-state index contributed by atoms with van der Waals surface area (Å²) < 4.78 is 42.1. The molecule has 208 valence electrons. The van der Waals surface area contributed by atoms with Crippen molar-refractivity contribution in [1.29, 1.82) is 0 Å². The summed E-state index contributed by atoms with van der Waals surface area (Å²) in [5, 5.41) is 3.02. The summed E-state index contributed by atoms with van der Waals surface area (Å²) in [6.07, 6.45) is 0.694. The van der Waals surface area contributed by atoms with Gasteiger partial charge in [-0.05, 0) is 69.2 Å².